The molecule has 29 heavy (non-hydrogen) atoms. The number of anilines is 1. The SMILES string of the molecule is O=C(Cc1ccc(C2CC2)cc1)NC1CCN(c2cc(F)cc(C(F)(F)F)c2)C1. The Morgan fingerprint density at radius 1 is 1.07 bits per heavy atom. The Kier molecular flexibility index (Phi) is 5.23. The highest BCUT2D eigenvalue weighted by atomic mass is 19.4. The van der Waals surface area contributed by atoms with Crippen molar-refractivity contribution in [1.29, 1.82) is 0 Å². The number of rotatable bonds is 5. The molecule has 1 unspecified atom stereocenters. The minimum absolute atomic E-state index is 0.119. The summed E-state index contributed by atoms with van der Waals surface area (Å²) in [5, 5.41) is 2.94. The number of hydrogen-bond acceptors (Lipinski definition) is 2. The van der Waals surface area contributed by atoms with Crippen molar-refractivity contribution in [2.75, 3.05) is 18.0 Å². The fourth-order valence-electron chi connectivity index (χ4n) is 3.82. The van der Waals surface area contributed by atoms with Gasteiger partial charge in [0.05, 0.1) is 12.0 Å². The predicted molar refractivity (Wildman–Crippen MR) is 102 cm³/mol. The zero-order chi connectivity index (χ0) is 20.6. The summed E-state index contributed by atoms with van der Waals surface area (Å²) in [6.45, 7) is 0.814. The molecule has 2 fully saturated rings. The molecular weight excluding hydrogens is 384 g/mol. The zero-order valence-corrected chi connectivity index (χ0v) is 15.8. The van der Waals surface area contributed by atoms with E-state index >= 15 is 0 Å². The summed E-state index contributed by atoms with van der Waals surface area (Å²) in [5.74, 6) is -0.369. The minimum atomic E-state index is -4.60. The van der Waals surface area contributed by atoms with Crippen molar-refractivity contribution < 1.29 is 22.4 Å². The largest absolute Gasteiger partial charge is 0.416 e. The molecule has 1 aliphatic heterocycles. The summed E-state index contributed by atoms with van der Waals surface area (Å²) in [7, 11) is 0. The standard InChI is InChI=1S/C22H22F4N2O/c23-18-10-17(22(24,25)26)11-20(12-18)28-8-7-19(13-28)27-21(29)9-14-1-3-15(4-2-14)16-5-6-16/h1-4,10-12,16,19H,5-9,13H2,(H,27,29). The summed E-state index contributed by atoms with van der Waals surface area (Å²) in [4.78, 5) is 14.0. The molecule has 2 aliphatic rings. The van der Waals surface area contributed by atoms with Crippen LogP contribution < -0.4 is 10.2 Å². The normalized spacial score (nSPS) is 19.4. The quantitative estimate of drug-likeness (QED) is 0.733. The Hall–Kier alpha value is -2.57. The first-order valence-corrected chi connectivity index (χ1v) is 9.79. The summed E-state index contributed by atoms with van der Waals surface area (Å²) >= 11 is 0. The van der Waals surface area contributed by atoms with Gasteiger partial charge in [-0.05, 0) is 54.5 Å². The molecular formula is C22H22F4N2O. The van der Waals surface area contributed by atoms with E-state index in [9.17, 15) is 22.4 Å². The molecule has 0 aromatic heterocycles. The average molecular weight is 406 g/mol. The second-order valence-corrected chi connectivity index (χ2v) is 7.89. The molecule has 1 N–H and O–H groups in total. The Balaban J connectivity index is 1.33. The molecule has 1 atom stereocenters. The van der Waals surface area contributed by atoms with Crippen LogP contribution in [0.3, 0.4) is 0 Å². The first-order valence-electron chi connectivity index (χ1n) is 9.79. The number of carbonyl (C=O) groups excluding carboxylic acids is 1. The Bertz CT molecular complexity index is 891. The highest BCUT2D eigenvalue weighted by Crippen LogP contribution is 2.40. The maximum absolute atomic E-state index is 13.6. The van der Waals surface area contributed by atoms with Crippen LogP contribution in [-0.2, 0) is 17.4 Å². The van der Waals surface area contributed by atoms with Crippen LogP contribution in [0.4, 0.5) is 23.2 Å². The number of alkyl halides is 3. The maximum atomic E-state index is 13.6. The second-order valence-electron chi connectivity index (χ2n) is 7.89. The van der Waals surface area contributed by atoms with Crippen LogP contribution >= 0.6 is 0 Å². The highest BCUT2D eigenvalue weighted by molar-refractivity contribution is 5.79. The molecule has 1 heterocycles. The lowest BCUT2D eigenvalue weighted by atomic mass is 10.1. The van der Waals surface area contributed by atoms with Crippen LogP contribution in [0, 0.1) is 5.82 Å². The van der Waals surface area contributed by atoms with Gasteiger partial charge < -0.3 is 10.2 Å². The van der Waals surface area contributed by atoms with Crippen molar-refractivity contribution in [3.63, 3.8) is 0 Å². The van der Waals surface area contributed by atoms with Gasteiger partial charge in [-0.15, -0.1) is 0 Å². The number of halogens is 4. The van der Waals surface area contributed by atoms with E-state index in [2.05, 4.69) is 17.4 Å². The maximum Gasteiger partial charge on any atom is 0.416 e. The molecule has 4 rings (SSSR count). The molecule has 154 valence electrons. The predicted octanol–water partition coefficient (Wildman–Crippen LogP) is 4.66. The molecule has 0 radical (unpaired) electrons. The highest BCUT2D eigenvalue weighted by Gasteiger charge is 2.33. The van der Waals surface area contributed by atoms with Gasteiger partial charge in [0.25, 0.3) is 0 Å². The topological polar surface area (TPSA) is 32.3 Å². The van der Waals surface area contributed by atoms with Crippen molar-refractivity contribution in [2.45, 2.75) is 43.8 Å². The van der Waals surface area contributed by atoms with Gasteiger partial charge in [-0.25, -0.2) is 4.39 Å². The Morgan fingerprint density at radius 2 is 1.79 bits per heavy atom. The second kappa shape index (κ2) is 7.69. The fourth-order valence-corrected chi connectivity index (χ4v) is 3.82. The third kappa shape index (κ3) is 4.89. The number of nitrogens with zero attached hydrogens (tertiary/aromatic N) is 1. The van der Waals surface area contributed by atoms with E-state index in [1.165, 1.54) is 18.4 Å². The first-order chi connectivity index (χ1) is 13.8. The number of carbonyl (C=O) groups is 1. The molecule has 0 bridgehead atoms. The van der Waals surface area contributed by atoms with Crippen LogP contribution in [0.15, 0.2) is 42.5 Å². The van der Waals surface area contributed by atoms with E-state index in [0.717, 1.165) is 17.7 Å². The smallest absolute Gasteiger partial charge is 0.369 e. The van der Waals surface area contributed by atoms with E-state index in [1.807, 2.05) is 12.1 Å². The van der Waals surface area contributed by atoms with Gasteiger partial charge in [-0.2, -0.15) is 13.2 Å². The fraction of sp³-hybridized carbons (Fsp3) is 0.409. The third-order valence-electron chi connectivity index (χ3n) is 5.52. The number of hydrogen-bond donors (Lipinski definition) is 1. The van der Waals surface area contributed by atoms with Gasteiger partial charge in [-0.3, -0.25) is 4.79 Å². The van der Waals surface area contributed by atoms with Crippen molar-refractivity contribution in [3.8, 4) is 0 Å². The number of nitrogens with one attached hydrogen (secondary N) is 1. The van der Waals surface area contributed by atoms with Gasteiger partial charge in [0.1, 0.15) is 5.82 Å². The lowest BCUT2D eigenvalue weighted by molar-refractivity contribution is -0.137. The van der Waals surface area contributed by atoms with Crippen LogP contribution in [0.5, 0.6) is 0 Å². The monoisotopic (exact) mass is 406 g/mol. The van der Waals surface area contributed by atoms with Crippen molar-refractivity contribution in [2.24, 2.45) is 0 Å². The van der Waals surface area contributed by atoms with E-state index in [-0.39, 0.29) is 24.1 Å². The van der Waals surface area contributed by atoms with Crippen LogP contribution in [0.2, 0.25) is 0 Å². The first kappa shape index (κ1) is 19.7. The number of amides is 1. The van der Waals surface area contributed by atoms with Crippen molar-refractivity contribution in [3.05, 3.63) is 65.0 Å². The molecule has 1 amide bonds. The van der Waals surface area contributed by atoms with Gasteiger partial charge in [0, 0.05) is 24.8 Å². The van der Waals surface area contributed by atoms with E-state index in [4.69, 9.17) is 0 Å². The van der Waals surface area contributed by atoms with Crippen LogP contribution in [-0.4, -0.2) is 25.0 Å². The Labute approximate surface area is 166 Å². The van der Waals surface area contributed by atoms with Crippen LogP contribution in [0.25, 0.3) is 0 Å². The third-order valence-corrected chi connectivity index (χ3v) is 5.52. The van der Waals surface area contributed by atoms with Gasteiger partial charge in [0.2, 0.25) is 5.91 Å². The molecule has 3 nitrogen and oxygen atoms in total. The summed E-state index contributed by atoms with van der Waals surface area (Å²) in [5.41, 5.74) is 1.43. The number of benzene rings is 2. The summed E-state index contributed by atoms with van der Waals surface area (Å²) in [6, 6.07) is 10.5. The molecule has 2 aromatic rings. The molecule has 0 spiro atoms. The Morgan fingerprint density at radius 3 is 2.45 bits per heavy atom. The zero-order valence-electron chi connectivity index (χ0n) is 15.8. The van der Waals surface area contributed by atoms with Gasteiger partial charge in [0.15, 0.2) is 0 Å². The molecule has 1 saturated carbocycles. The summed E-state index contributed by atoms with van der Waals surface area (Å²) < 4.78 is 52.4. The van der Waals surface area contributed by atoms with E-state index < -0.39 is 17.6 Å². The lowest BCUT2D eigenvalue weighted by Gasteiger charge is -2.20. The lowest BCUT2D eigenvalue weighted by Crippen LogP contribution is -2.38. The molecule has 1 saturated heterocycles. The van der Waals surface area contributed by atoms with E-state index in [1.54, 1.807) is 4.90 Å². The van der Waals surface area contributed by atoms with Crippen molar-refractivity contribution >= 4 is 11.6 Å². The minimum Gasteiger partial charge on any atom is -0.369 e. The molecule has 7 heteroatoms. The molecule has 1 aliphatic carbocycles. The van der Waals surface area contributed by atoms with Crippen molar-refractivity contribution in [1.82, 2.24) is 5.32 Å². The average Bonchev–Trinajstić information content (AvgIpc) is 3.40. The summed E-state index contributed by atoms with van der Waals surface area (Å²) in [6.07, 6.45) is -1.27. The molecule has 2 aromatic carbocycles. The van der Waals surface area contributed by atoms with Gasteiger partial charge >= 0.3 is 6.18 Å². The van der Waals surface area contributed by atoms with Crippen LogP contribution in [0.1, 0.15) is 41.9 Å². The van der Waals surface area contributed by atoms with E-state index in [0.29, 0.717) is 31.5 Å². The van der Waals surface area contributed by atoms with Gasteiger partial charge in [-0.1, -0.05) is 24.3 Å².